The molecule has 1 heterocycles. The maximum atomic E-state index is 11.8. The molecule has 6 heteroatoms. The third-order valence-electron chi connectivity index (χ3n) is 4.35. The highest BCUT2D eigenvalue weighted by Crippen LogP contribution is 2.40. The van der Waals surface area contributed by atoms with Crippen molar-refractivity contribution < 1.29 is 18.3 Å². The van der Waals surface area contributed by atoms with Gasteiger partial charge in [-0.15, -0.1) is 0 Å². The molecule has 3 unspecified atom stereocenters. The van der Waals surface area contributed by atoms with Crippen molar-refractivity contribution in [1.82, 2.24) is 5.32 Å². The van der Waals surface area contributed by atoms with Crippen LogP contribution >= 0.6 is 0 Å². The molecule has 2 aliphatic rings. The van der Waals surface area contributed by atoms with E-state index in [9.17, 15) is 18.3 Å². The molecule has 1 saturated carbocycles. The van der Waals surface area contributed by atoms with Crippen LogP contribution in [0.4, 0.5) is 0 Å². The second-order valence-electron chi connectivity index (χ2n) is 6.17. The fourth-order valence-corrected chi connectivity index (χ4v) is 4.56. The Kier molecular flexibility index (Phi) is 3.44. The summed E-state index contributed by atoms with van der Waals surface area (Å²) in [7, 11) is -2.91. The van der Waals surface area contributed by atoms with E-state index in [2.05, 4.69) is 5.32 Å². The molecule has 5 nitrogen and oxygen atoms in total. The molecule has 1 aliphatic carbocycles. The van der Waals surface area contributed by atoms with Gasteiger partial charge in [-0.2, -0.15) is 0 Å². The highest BCUT2D eigenvalue weighted by atomic mass is 32.2. The van der Waals surface area contributed by atoms with Gasteiger partial charge in [-0.25, -0.2) is 8.42 Å². The van der Waals surface area contributed by atoms with E-state index in [0.717, 1.165) is 0 Å². The first kappa shape index (κ1) is 13.8. The van der Waals surface area contributed by atoms with E-state index in [4.69, 9.17) is 0 Å². The topological polar surface area (TPSA) is 83.5 Å². The molecule has 2 fully saturated rings. The van der Waals surface area contributed by atoms with Crippen molar-refractivity contribution in [2.45, 2.75) is 45.3 Å². The number of hydrogen-bond donors (Lipinski definition) is 2. The summed E-state index contributed by atoms with van der Waals surface area (Å²) in [6, 6.07) is -0.00184. The largest absolute Gasteiger partial charge is 0.392 e. The molecular formula is C12H21NO4S. The van der Waals surface area contributed by atoms with Crippen molar-refractivity contribution in [3.8, 4) is 0 Å². The summed E-state index contributed by atoms with van der Waals surface area (Å²) in [5.41, 5.74) is -0.280. The number of aliphatic hydroxyl groups is 1. The average molecular weight is 275 g/mol. The smallest absolute Gasteiger partial charge is 0.220 e. The molecule has 2 rings (SSSR count). The number of nitrogens with one attached hydrogen (secondary N) is 1. The van der Waals surface area contributed by atoms with Crippen LogP contribution in [0.2, 0.25) is 0 Å². The Morgan fingerprint density at radius 3 is 2.56 bits per heavy atom. The molecule has 0 bridgehead atoms. The number of hydrogen-bond acceptors (Lipinski definition) is 4. The van der Waals surface area contributed by atoms with Crippen LogP contribution < -0.4 is 5.32 Å². The maximum absolute atomic E-state index is 11.8. The Morgan fingerprint density at radius 1 is 1.44 bits per heavy atom. The van der Waals surface area contributed by atoms with Gasteiger partial charge in [0.25, 0.3) is 0 Å². The molecule has 0 aromatic heterocycles. The van der Waals surface area contributed by atoms with Gasteiger partial charge in [-0.1, -0.05) is 13.8 Å². The molecule has 0 aromatic rings. The molecule has 1 saturated heterocycles. The van der Waals surface area contributed by atoms with Crippen LogP contribution in [0.5, 0.6) is 0 Å². The Hall–Kier alpha value is -0.620. The Morgan fingerprint density at radius 2 is 2.11 bits per heavy atom. The molecule has 1 aliphatic heterocycles. The number of carbonyl (C=O) groups is 1. The molecule has 104 valence electrons. The second kappa shape index (κ2) is 4.49. The minimum atomic E-state index is -2.91. The lowest BCUT2D eigenvalue weighted by atomic mass is 9.64. The molecule has 0 radical (unpaired) electrons. The average Bonchev–Trinajstić information content (AvgIpc) is 2.57. The highest BCUT2D eigenvalue weighted by Gasteiger charge is 2.48. The summed E-state index contributed by atoms with van der Waals surface area (Å²) in [4.78, 5) is 11.8. The van der Waals surface area contributed by atoms with Crippen molar-refractivity contribution in [1.29, 1.82) is 0 Å². The van der Waals surface area contributed by atoms with Crippen LogP contribution in [-0.2, 0) is 14.6 Å². The molecule has 3 atom stereocenters. The molecule has 1 amide bonds. The minimum Gasteiger partial charge on any atom is -0.392 e. The molecule has 0 spiro atoms. The zero-order valence-electron chi connectivity index (χ0n) is 10.8. The van der Waals surface area contributed by atoms with Crippen LogP contribution in [-0.4, -0.2) is 43.1 Å². The van der Waals surface area contributed by atoms with Crippen molar-refractivity contribution in [2.24, 2.45) is 11.3 Å². The van der Waals surface area contributed by atoms with Gasteiger partial charge in [0.2, 0.25) is 5.91 Å². The normalized spacial score (nSPS) is 36.9. The van der Waals surface area contributed by atoms with Gasteiger partial charge in [0.15, 0.2) is 9.84 Å². The number of sulfone groups is 1. The third kappa shape index (κ3) is 2.69. The van der Waals surface area contributed by atoms with E-state index in [0.29, 0.717) is 12.8 Å². The molecular weight excluding hydrogens is 254 g/mol. The Bertz CT molecular complexity index is 443. The van der Waals surface area contributed by atoms with Crippen LogP contribution in [0.3, 0.4) is 0 Å². The standard InChI is InChI=1S/C12H21NO4S/c1-12(2)9(6-10(12)14)13-11(15)5-8-3-4-18(16,17)7-8/h8-10,14H,3-7H2,1-2H3,(H,13,15). The minimum absolute atomic E-state index is 0.00184. The van der Waals surface area contributed by atoms with E-state index < -0.39 is 9.84 Å². The van der Waals surface area contributed by atoms with Gasteiger partial charge >= 0.3 is 0 Å². The van der Waals surface area contributed by atoms with E-state index in [-0.39, 0.29) is 47.3 Å². The first-order valence-electron chi connectivity index (χ1n) is 6.38. The fourth-order valence-electron chi connectivity index (χ4n) is 2.70. The summed E-state index contributed by atoms with van der Waals surface area (Å²) in [5.74, 6) is 0.209. The number of carbonyl (C=O) groups excluding carboxylic acids is 1. The summed E-state index contributed by atoms with van der Waals surface area (Å²) in [6.07, 6.45) is 1.09. The van der Waals surface area contributed by atoms with Gasteiger partial charge in [-0.3, -0.25) is 4.79 Å². The van der Waals surface area contributed by atoms with Crippen molar-refractivity contribution in [3.05, 3.63) is 0 Å². The first-order chi connectivity index (χ1) is 8.21. The predicted octanol–water partition coefficient (Wildman–Crippen LogP) is 0.0868. The first-order valence-corrected chi connectivity index (χ1v) is 8.21. The number of aliphatic hydroxyl groups excluding tert-OH is 1. The van der Waals surface area contributed by atoms with E-state index >= 15 is 0 Å². The number of amides is 1. The Balaban J connectivity index is 1.80. The molecule has 0 aromatic carbocycles. The van der Waals surface area contributed by atoms with Crippen molar-refractivity contribution >= 4 is 15.7 Å². The van der Waals surface area contributed by atoms with Crippen LogP contribution in [0.15, 0.2) is 0 Å². The highest BCUT2D eigenvalue weighted by molar-refractivity contribution is 7.91. The van der Waals surface area contributed by atoms with Crippen LogP contribution in [0.1, 0.15) is 33.1 Å². The van der Waals surface area contributed by atoms with E-state index in [1.807, 2.05) is 13.8 Å². The summed E-state index contributed by atoms with van der Waals surface area (Å²) < 4.78 is 22.6. The summed E-state index contributed by atoms with van der Waals surface area (Å²) >= 11 is 0. The lowest BCUT2D eigenvalue weighted by Crippen LogP contribution is -2.61. The van der Waals surface area contributed by atoms with Gasteiger partial charge < -0.3 is 10.4 Å². The quantitative estimate of drug-likeness (QED) is 0.764. The number of rotatable bonds is 3. The summed E-state index contributed by atoms with van der Waals surface area (Å²) in [6.45, 7) is 3.85. The SMILES string of the molecule is CC1(C)C(O)CC1NC(=O)CC1CCS(=O)(=O)C1. The monoisotopic (exact) mass is 275 g/mol. The van der Waals surface area contributed by atoms with Gasteiger partial charge in [0, 0.05) is 17.9 Å². The van der Waals surface area contributed by atoms with E-state index in [1.54, 1.807) is 0 Å². The van der Waals surface area contributed by atoms with Crippen molar-refractivity contribution in [2.75, 3.05) is 11.5 Å². The van der Waals surface area contributed by atoms with Gasteiger partial charge in [-0.05, 0) is 18.8 Å². The lowest BCUT2D eigenvalue weighted by molar-refractivity contribution is -0.130. The fraction of sp³-hybridized carbons (Fsp3) is 0.917. The summed E-state index contributed by atoms with van der Waals surface area (Å²) in [5, 5.41) is 12.5. The lowest BCUT2D eigenvalue weighted by Gasteiger charge is -2.49. The van der Waals surface area contributed by atoms with Crippen molar-refractivity contribution in [3.63, 3.8) is 0 Å². The zero-order chi connectivity index (χ0) is 13.6. The van der Waals surface area contributed by atoms with Gasteiger partial charge in [0.05, 0.1) is 17.6 Å². The third-order valence-corrected chi connectivity index (χ3v) is 6.19. The zero-order valence-corrected chi connectivity index (χ0v) is 11.7. The van der Waals surface area contributed by atoms with Crippen LogP contribution in [0, 0.1) is 11.3 Å². The molecule has 18 heavy (non-hydrogen) atoms. The predicted molar refractivity (Wildman–Crippen MR) is 67.7 cm³/mol. The second-order valence-corrected chi connectivity index (χ2v) is 8.39. The van der Waals surface area contributed by atoms with E-state index in [1.165, 1.54) is 0 Å². The maximum Gasteiger partial charge on any atom is 0.220 e. The van der Waals surface area contributed by atoms with Crippen LogP contribution in [0.25, 0.3) is 0 Å². The molecule has 2 N–H and O–H groups in total. The van der Waals surface area contributed by atoms with Gasteiger partial charge in [0.1, 0.15) is 0 Å². The Labute approximate surface area is 108 Å².